The van der Waals surface area contributed by atoms with Crippen molar-refractivity contribution >= 4 is 5.97 Å². The van der Waals surface area contributed by atoms with Crippen LogP contribution in [0.5, 0.6) is 0 Å². The molecule has 0 aromatic rings. The second-order valence-electron chi connectivity index (χ2n) is 11.4. The van der Waals surface area contributed by atoms with Crippen LogP contribution < -0.4 is 0 Å². The Labute approximate surface area is 174 Å². The SMILES string of the molecule is C[C@H](CCC(=O)O)[C@H]1CCC2C3C(C[C@H](O)[C@@]21C)[C@@]1(C)CC[C@@H](O)C[C@H]1C[C@@H]3O. The van der Waals surface area contributed by atoms with E-state index in [1.165, 1.54) is 0 Å². The molecule has 0 aromatic carbocycles. The molecule has 0 saturated heterocycles. The topological polar surface area (TPSA) is 98.0 Å². The first kappa shape index (κ1) is 21.6. The molecule has 5 nitrogen and oxygen atoms in total. The summed E-state index contributed by atoms with van der Waals surface area (Å²) in [7, 11) is 0. The van der Waals surface area contributed by atoms with Gasteiger partial charge in [0, 0.05) is 6.42 Å². The van der Waals surface area contributed by atoms with Crippen molar-refractivity contribution in [1.82, 2.24) is 0 Å². The van der Waals surface area contributed by atoms with Gasteiger partial charge in [0.15, 0.2) is 0 Å². The summed E-state index contributed by atoms with van der Waals surface area (Å²) in [5, 5.41) is 42.0. The number of carboxylic acid groups (broad SMARTS) is 1. The molecular weight excluding hydrogens is 368 g/mol. The van der Waals surface area contributed by atoms with E-state index < -0.39 is 12.1 Å². The van der Waals surface area contributed by atoms with Crippen LogP contribution in [0.15, 0.2) is 0 Å². The Kier molecular flexibility index (Phi) is 5.57. The molecule has 0 aliphatic heterocycles. The average molecular weight is 409 g/mol. The number of aliphatic carboxylic acids is 1. The van der Waals surface area contributed by atoms with Gasteiger partial charge in [0.2, 0.25) is 0 Å². The van der Waals surface area contributed by atoms with E-state index >= 15 is 0 Å². The maximum Gasteiger partial charge on any atom is 0.303 e. The second kappa shape index (κ2) is 7.49. The Balaban J connectivity index is 1.61. The lowest BCUT2D eigenvalue weighted by Gasteiger charge is -2.63. The van der Waals surface area contributed by atoms with E-state index in [1.807, 2.05) is 0 Å². The summed E-state index contributed by atoms with van der Waals surface area (Å²) in [6.45, 7) is 6.72. The Bertz CT molecular complexity index is 637. The predicted molar refractivity (Wildman–Crippen MR) is 110 cm³/mol. The highest BCUT2D eigenvalue weighted by atomic mass is 16.4. The second-order valence-corrected chi connectivity index (χ2v) is 11.4. The fraction of sp³-hybridized carbons (Fsp3) is 0.958. The third kappa shape index (κ3) is 3.27. The lowest BCUT2D eigenvalue weighted by Crippen LogP contribution is -2.62. The summed E-state index contributed by atoms with van der Waals surface area (Å²) in [4.78, 5) is 11.1. The van der Waals surface area contributed by atoms with Crippen LogP contribution in [0.2, 0.25) is 0 Å². The molecular formula is C24H40O5. The summed E-state index contributed by atoms with van der Waals surface area (Å²) in [5.41, 5.74) is -0.143. The van der Waals surface area contributed by atoms with Gasteiger partial charge in [0.05, 0.1) is 18.3 Å². The quantitative estimate of drug-likeness (QED) is 0.571. The van der Waals surface area contributed by atoms with Crippen LogP contribution in [0, 0.1) is 46.3 Å². The number of hydrogen-bond donors (Lipinski definition) is 4. The molecule has 0 heterocycles. The maximum absolute atomic E-state index is 11.5. The molecule has 4 aliphatic rings. The molecule has 4 aliphatic carbocycles. The molecule has 4 N–H and O–H groups in total. The minimum Gasteiger partial charge on any atom is -0.481 e. The van der Waals surface area contributed by atoms with Crippen molar-refractivity contribution in [3.8, 4) is 0 Å². The molecule has 166 valence electrons. The monoisotopic (exact) mass is 408 g/mol. The van der Waals surface area contributed by atoms with Gasteiger partial charge in [-0.1, -0.05) is 20.8 Å². The smallest absolute Gasteiger partial charge is 0.303 e. The zero-order valence-electron chi connectivity index (χ0n) is 18.3. The van der Waals surface area contributed by atoms with E-state index in [2.05, 4.69) is 20.8 Å². The number of fused-ring (bicyclic) bond motifs is 5. The largest absolute Gasteiger partial charge is 0.481 e. The fourth-order valence-electron chi connectivity index (χ4n) is 8.68. The van der Waals surface area contributed by atoms with Gasteiger partial charge in [0.25, 0.3) is 0 Å². The van der Waals surface area contributed by atoms with Crippen molar-refractivity contribution in [2.24, 2.45) is 46.3 Å². The normalized spacial score (nSPS) is 52.9. The molecule has 4 fully saturated rings. The van der Waals surface area contributed by atoms with E-state index in [0.29, 0.717) is 30.1 Å². The summed E-state index contributed by atoms with van der Waals surface area (Å²) < 4.78 is 0. The van der Waals surface area contributed by atoms with Gasteiger partial charge in [-0.2, -0.15) is 0 Å². The Morgan fingerprint density at radius 1 is 1.03 bits per heavy atom. The standard InChI is InChI=1S/C24H40O5/c1-13(4-7-21(28)29)16-5-6-17-22-18(12-20(27)24(16,17)3)23(2)9-8-15(25)10-14(23)11-19(22)26/h13-20,22,25-27H,4-12H2,1-3H3,(H,28,29)/t13-,14+,15-,16-,17?,18?,19+,20+,22?,23+,24-/m1/s1. The lowest BCUT2D eigenvalue weighted by molar-refractivity contribution is -0.207. The summed E-state index contributed by atoms with van der Waals surface area (Å²) in [6, 6.07) is 0. The van der Waals surface area contributed by atoms with Crippen molar-refractivity contribution in [3.05, 3.63) is 0 Å². The fourth-order valence-corrected chi connectivity index (χ4v) is 8.68. The van der Waals surface area contributed by atoms with Crippen LogP contribution in [0.3, 0.4) is 0 Å². The third-order valence-electron chi connectivity index (χ3n) is 10.3. The average Bonchev–Trinajstić information content (AvgIpc) is 3.01. The molecule has 3 unspecified atom stereocenters. The molecule has 4 saturated carbocycles. The van der Waals surface area contributed by atoms with E-state index in [9.17, 15) is 20.1 Å². The molecule has 0 radical (unpaired) electrons. The van der Waals surface area contributed by atoms with Crippen molar-refractivity contribution < 1.29 is 25.2 Å². The van der Waals surface area contributed by atoms with Gasteiger partial charge in [-0.05, 0) is 97.7 Å². The highest BCUT2D eigenvalue weighted by Gasteiger charge is 2.65. The third-order valence-corrected chi connectivity index (χ3v) is 10.3. The highest BCUT2D eigenvalue weighted by molar-refractivity contribution is 5.66. The highest BCUT2D eigenvalue weighted by Crippen LogP contribution is 2.68. The first-order chi connectivity index (χ1) is 13.6. The van der Waals surface area contributed by atoms with Crippen LogP contribution in [-0.2, 0) is 4.79 Å². The minimum atomic E-state index is -0.748. The molecule has 0 spiro atoms. The molecule has 11 atom stereocenters. The van der Waals surface area contributed by atoms with Crippen LogP contribution in [0.1, 0.15) is 78.6 Å². The lowest BCUT2D eigenvalue weighted by atomic mass is 9.43. The van der Waals surface area contributed by atoms with Gasteiger partial charge in [-0.15, -0.1) is 0 Å². The summed E-state index contributed by atoms with van der Waals surface area (Å²) in [6.07, 6.45) is 6.00. The van der Waals surface area contributed by atoms with Gasteiger partial charge >= 0.3 is 5.97 Å². The number of rotatable bonds is 4. The Morgan fingerprint density at radius 2 is 1.76 bits per heavy atom. The molecule has 29 heavy (non-hydrogen) atoms. The van der Waals surface area contributed by atoms with Crippen LogP contribution in [-0.4, -0.2) is 44.7 Å². The molecule has 0 amide bonds. The minimum absolute atomic E-state index is 0.0957. The van der Waals surface area contributed by atoms with Crippen molar-refractivity contribution in [1.29, 1.82) is 0 Å². The van der Waals surface area contributed by atoms with Crippen molar-refractivity contribution in [2.45, 2.75) is 96.9 Å². The molecule has 4 rings (SSSR count). The number of carbonyl (C=O) groups is 1. The van der Waals surface area contributed by atoms with Gasteiger partial charge in [-0.3, -0.25) is 4.79 Å². The van der Waals surface area contributed by atoms with Crippen LogP contribution in [0.25, 0.3) is 0 Å². The number of hydrogen-bond acceptors (Lipinski definition) is 4. The maximum atomic E-state index is 11.5. The zero-order chi connectivity index (χ0) is 21.1. The molecule has 0 bridgehead atoms. The van der Waals surface area contributed by atoms with Gasteiger partial charge in [0.1, 0.15) is 0 Å². The number of aliphatic hydroxyl groups is 3. The van der Waals surface area contributed by atoms with Crippen molar-refractivity contribution in [2.75, 3.05) is 0 Å². The van der Waals surface area contributed by atoms with Crippen LogP contribution in [0.4, 0.5) is 0 Å². The van der Waals surface area contributed by atoms with E-state index in [0.717, 1.165) is 44.9 Å². The van der Waals surface area contributed by atoms with E-state index in [4.69, 9.17) is 5.11 Å². The van der Waals surface area contributed by atoms with Gasteiger partial charge in [-0.25, -0.2) is 0 Å². The number of aliphatic hydroxyl groups excluding tert-OH is 3. The Morgan fingerprint density at radius 3 is 2.45 bits per heavy atom. The van der Waals surface area contributed by atoms with Crippen LogP contribution >= 0.6 is 0 Å². The van der Waals surface area contributed by atoms with Crippen molar-refractivity contribution in [3.63, 3.8) is 0 Å². The predicted octanol–water partition coefficient (Wildman–Crippen LogP) is 3.45. The molecule has 0 aromatic heterocycles. The number of carboxylic acids is 1. The first-order valence-corrected chi connectivity index (χ1v) is 11.8. The van der Waals surface area contributed by atoms with E-state index in [-0.39, 0.29) is 41.3 Å². The zero-order valence-corrected chi connectivity index (χ0v) is 18.3. The summed E-state index contributed by atoms with van der Waals surface area (Å²) in [5.74, 6) is 0.997. The van der Waals surface area contributed by atoms with E-state index in [1.54, 1.807) is 0 Å². The Hall–Kier alpha value is -0.650. The summed E-state index contributed by atoms with van der Waals surface area (Å²) >= 11 is 0. The van der Waals surface area contributed by atoms with Gasteiger partial charge < -0.3 is 20.4 Å². The molecule has 5 heteroatoms. The first-order valence-electron chi connectivity index (χ1n) is 11.8.